The summed E-state index contributed by atoms with van der Waals surface area (Å²) >= 11 is 0. The fourth-order valence-corrected chi connectivity index (χ4v) is 3.33. The molecule has 1 aromatic rings. The number of nitrogens with zero attached hydrogens (tertiary/aromatic N) is 3. The predicted molar refractivity (Wildman–Crippen MR) is 79.9 cm³/mol. The number of likely N-dealkylation sites (N-methyl/N-ethyl adjacent to an activating group) is 1. The van der Waals surface area contributed by atoms with Crippen LogP contribution in [0.1, 0.15) is 18.9 Å². The van der Waals surface area contributed by atoms with E-state index in [1.807, 2.05) is 17.0 Å². The van der Waals surface area contributed by atoms with E-state index in [2.05, 4.69) is 16.8 Å². The molecule has 2 atom stereocenters. The molecular weight excluding hydrogens is 266 g/mol. The van der Waals surface area contributed by atoms with E-state index in [9.17, 15) is 4.79 Å². The van der Waals surface area contributed by atoms with Gasteiger partial charge in [0.05, 0.1) is 25.2 Å². The summed E-state index contributed by atoms with van der Waals surface area (Å²) in [5.41, 5.74) is 0.983. The Bertz CT molecular complexity index is 480. The van der Waals surface area contributed by atoms with E-state index in [1.165, 1.54) is 0 Å². The monoisotopic (exact) mass is 289 g/mol. The number of aromatic nitrogens is 1. The van der Waals surface area contributed by atoms with Crippen molar-refractivity contribution in [2.45, 2.75) is 31.9 Å². The molecule has 21 heavy (non-hydrogen) atoms. The number of piperidine rings is 1. The lowest BCUT2D eigenvalue weighted by Crippen LogP contribution is -2.60. The Morgan fingerprint density at radius 3 is 3.14 bits per heavy atom. The minimum absolute atomic E-state index is 0.172. The van der Waals surface area contributed by atoms with Crippen molar-refractivity contribution in [2.24, 2.45) is 0 Å². The summed E-state index contributed by atoms with van der Waals surface area (Å²) < 4.78 is 5.90. The van der Waals surface area contributed by atoms with Crippen LogP contribution in [0.4, 0.5) is 0 Å². The summed E-state index contributed by atoms with van der Waals surface area (Å²) in [6.07, 6.45) is 5.13. The third kappa shape index (κ3) is 3.24. The van der Waals surface area contributed by atoms with E-state index in [4.69, 9.17) is 4.74 Å². The quantitative estimate of drug-likeness (QED) is 0.831. The zero-order valence-electron chi connectivity index (χ0n) is 12.6. The highest BCUT2D eigenvalue weighted by molar-refractivity contribution is 5.79. The minimum Gasteiger partial charge on any atom is -0.373 e. The van der Waals surface area contributed by atoms with E-state index >= 15 is 0 Å². The van der Waals surface area contributed by atoms with Crippen LogP contribution in [0.15, 0.2) is 24.5 Å². The maximum absolute atomic E-state index is 12.6. The van der Waals surface area contributed by atoms with Gasteiger partial charge >= 0.3 is 0 Å². The highest BCUT2D eigenvalue weighted by Crippen LogP contribution is 2.23. The number of hydrogen-bond donors (Lipinski definition) is 0. The number of carbonyl (C=O) groups is 1. The zero-order valence-corrected chi connectivity index (χ0v) is 12.6. The number of likely N-dealkylation sites (tertiary alicyclic amines) is 1. The first-order valence-corrected chi connectivity index (χ1v) is 7.80. The van der Waals surface area contributed by atoms with Crippen LogP contribution in [0, 0.1) is 0 Å². The SMILES string of the molecule is CCN1CC[C@@H]2[C@@H](C1)OCCN2C(=O)Cc1cccnc1. The number of fused-ring (bicyclic) bond motifs is 1. The average molecular weight is 289 g/mol. The molecule has 0 aromatic carbocycles. The smallest absolute Gasteiger partial charge is 0.227 e. The number of amides is 1. The molecule has 0 aliphatic carbocycles. The van der Waals surface area contributed by atoms with Gasteiger partial charge in [0, 0.05) is 32.0 Å². The first-order chi connectivity index (χ1) is 10.3. The highest BCUT2D eigenvalue weighted by Gasteiger charge is 2.38. The van der Waals surface area contributed by atoms with Gasteiger partial charge in [-0.2, -0.15) is 0 Å². The fourth-order valence-electron chi connectivity index (χ4n) is 3.33. The van der Waals surface area contributed by atoms with Crippen molar-refractivity contribution in [3.63, 3.8) is 0 Å². The number of rotatable bonds is 3. The summed E-state index contributed by atoms with van der Waals surface area (Å²) in [7, 11) is 0. The predicted octanol–water partition coefficient (Wildman–Crippen LogP) is 0.946. The molecule has 0 spiro atoms. The Morgan fingerprint density at radius 1 is 1.48 bits per heavy atom. The second-order valence-electron chi connectivity index (χ2n) is 5.78. The van der Waals surface area contributed by atoms with Gasteiger partial charge in [0.2, 0.25) is 5.91 Å². The largest absolute Gasteiger partial charge is 0.373 e. The lowest BCUT2D eigenvalue weighted by Gasteiger charge is -2.46. The van der Waals surface area contributed by atoms with Crippen molar-refractivity contribution < 1.29 is 9.53 Å². The third-order valence-electron chi connectivity index (χ3n) is 4.52. The standard InChI is InChI=1S/C16H23N3O2/c1-2-18-7-5-14-15(12-18)21-9-8-19(14)16(20)10-13-4-3-6-17-11-13/h3-4,6,11,14-15H,2,5,7-10,12H2,1H3/t14-,15-/m1/s1. The van der Waals surface area contributed by atoms with E-state index in [0.717, 1.165) is 31.6 Å². The molecule has 0 bridgehead atoms. The van der Waals surface area contributed by atoms with Gasteiger partial charge in [0.25, 0.3) is 0 Å². The molecule has 0 N–H and O–H groups in total. The number of morpholine rings is 1. The van der Waals surface area contributed by atoms with Gasteiger partial charge in [-0.1, -0.05) is 13.0 Å². The topological polar surface area (TPSA) is 45.7 Å². The summed E-state index contributed by atoms with van der Waals surface area (Å²) in [6.45, 7) is 6.59. The Morgan fingerprint density at radius 2 is 2.38 bits per heavy atom. The summed E-state index contributed by atoms with van der Waals surface area (Å²) in [4.78, 5) is 21.1. The Hall–Kier alpha value is -1.46. The van der Waals surface area contributed by atoms with Crippen LogP contribution < -0.4 is 0 Å². The molecule has 114 valence electrons. The summed E-state index contributed by atoms with van der Waals surface area (Å²) in [5.74, 6) is 0.200. The van der Waals surface area contributed by atoms with E-state index in [0.29, 0.717) is 19.6 Å². The molecule has 0 radical (unpaired) electrons. The molecule has 1 amide bonds. The van der Waals surface area contributed by atoms with Gasteiger partial charge in [-0.3, -0.25) is 9.78 Å². The second kappa shape index (κ2) is 6.54. The van der Waals surface area contributed by atoms with Crippen molar-refractivity contribution in [3.05, 3.63) is 30.1 Å². The van der Waals surface area contributed by atoms with Gasteiger partial charge in [0.1, 0.15) is 0 Å². The van der Waals surface area contributed by atoms with Crippen LogP contribution >= 0.6 is 0 Å². The van der Waals surface area contributed by atoms with Crippen molar-refractivity contribution in [2.75, 3.05) is 32.8 Å². The molecule has 5 nitrogen and oxygen atoms in total. The van der Waals surface area contributed by atoms with Crippen LogP contribution in [0.5, 0.6) is 0 Å². The minimum atomic E-state index is 0.172. The normalized spacial score (nSPS) is 26.4. The Labute approximate surface area is 125 Å². The zero-order chi connectivity index (χ0) is 14.7. The lowest BCUT2D eigenvalue weighted by atomic mass is 9.97. The molecule has 0 saturated carbocycles. The number of ether oxygens (including phenoxy) is 1. The van der Waals surface area contributed by atoms with Crippen LogP contribution in [-0.2, 0) is 16.0 Å². The summed E-state index contributed by atoms with van der Waals surface area (Å²) in [5, 5.41) is 0. The lowest BCUT2D eigenvalue weighted by molar-refractivity contribution is -0.151. The Balaban J connectivity index is 1.66. The molecule has 2 aliphatic heterocycles. The van der Waals surface area contributed by atoms with Crippen molar-refractivity contribution >= 4 is 5.91 Å². The van der Waals surface area contributed by atoms with E-state index < -0.39 is 0 Å². The number of carbonyl (C=O) groups excluding carboxylic acids is 1. The van der Waals surface area contributed by atoms with Gasteiger partial charge < -0.3 is 14.5 Å². The first kappa shape index (κ1) is 14.5. The number of pyridine rings is 1. The molecule has 2 fully saturated rings. The van der Waals surface area contributed by atoms with Gasteiger partial charge in [0.15, 0.2) is 0 Å². The molecule has 0 unspecified atom stereocenters. The average Bonchev–Trinajstić information content (AvgIpc) is 2.54. The molecule has 3 heterocycles. The van der Waals surface area contributed by atoms with E-state index in [1.54, 1.807) is 12.4 Å². The van der Waals surface area contributed by atoms with Gasteiger partial charge in [-0.25, -0.2) is 0 Å². The van der Waals surface area contributed by atoms with Crippen molar-refractivity contribution in [1.29, 1.82) is 0 Å². The van der Waals surface area contributed by atoms with Crippen LogP contribution in [0.25, 0.3) is 0 Å². The molecular formula is C16H23N3O2. The second-order valence-corrected chi connectivity index (χ2v) is 5.78. The van der Waals surface area contributed by atoms with Gasteiger partial charge in [-0.15, -0.1) is 0 Å². The maximum atomic E-state index is 12.6. The van der Waals surface area contributed by atoms with Gasteiger partial charge in [-0.05, 0) is 24.6 Å². The molecule has 2 saturated heterocycles. The van der Waals surface area contributed by atoms with Crippen LogP contribution in [-0.4, -0.2) is 65.6 Å². The molecule has 5 heteroatoms. The molecule has 2 aliphatic rings. The van der Waals surface area contributed by atoms with Crippen molar-refractivity contribution in [3.8, 4) is 0 Å². The Kier molecular flexibility index (Phi) is 4.51. The highest BCUT2D eigenvalue weighted by atomic mass is 16.5. The van der Waals surface area contributed by atoms with Crippen molar-refractivity contribution in [1.82, 2.24) is 14.8 Å². The molecule has 1 aromatic heterocycles. The summed E-state index contributed by atoms with van der Waals surface area (Å²) in [6, 6.07) is 4.08. The van der Waals surface area contributed by atoms with Crippen LogP contribution in [0.2, 0.25) is 0 Å². The third-order valence-corrected chi connectivity index (χ3v) is 4.52. The first-order valence-electron chi connectivity index (χ1n) is 7.80. The molecule has 3 rings (SSSR count). The fraction of sp³-hybridized carbons (Fsp3) is 0.625. The van der Waals surface area contributed by atoms with E-state index in [-0.39, 0.29) is 18.1 Å². The number of hydrogen-bond acceptors (Lipinski definition) is 4. The maximum Gasteiger partial charge on any atom is 0.227 e. The van der Waals surface area contributed by atoms with Crippen LogP contribution in [0.3, 0.4) is 0 Å².